The van der Waals surface area contributed by atoms with E-state index < -0.39 is 0 Å². The van der Waals surface area contributed by atoms with Crippen LogP contribution in [-0.2, 0) is 6.42 Å². The molecule has 0 aromatic carbocycles. The molecule has 0 aliphatic carbocycles. The van der Waals surface area contributed by atoms with Gasteiger partial charge in [0.05, 0.1) is 5.69 Å². The van der Waals surface area contributed by atoms with Crippen molar-refractivity contribution in [2.75, 3.05) is 6.61 Å². The van der Waals surface area contributed by atoms with Crippen molar-refractivity contribution in [3.63, 3.8) is 0 Å². The molecule has 80 valence electrons. The summed E-state index contributed by atoms with van der Waals surface area (Å²) in [5, 5.41) is 13.5. The van der Waals surface area contributed by atoms with Gasteiger partial charge in [-0.15, -0.1) is 0 Å². The molecule has 0 aliphatic heterocycles. The predicted octanol–water partition coefficient (Wildman–Crippen LogP) is 2.02. The molecule has 1 unspecified atom stereocenters. The normalized spacial score (nSPS) is 13.5. The maximum atomic E-state index is 9.07. The first-order chi connectivity index (χ1) is 6.67. The molecule has 1 atom stereocenters. The Morgan fingerprint density at radius 1 is 1.50 bits per heavy atom. The van der Waals surface area contributed by atoms with Gasteiger partial charge in [0.25, 0.3) is 0 Å². The molecule has 1 aromatic heterocycles. The van der Waals surface area contributed by atoms with Crippen molar-refractivity contribution < 1.29 is 5.11 Å². The zero-order chi connectivity index (χ0) is 10.6. The Bertz CT molecular complexity index is 264. The number of rotatable bonds is 5. The molecule has 0 bridgehead atoms. The minimum Gasteiger partial charge on any atom is -0.396 e. The molecule has 1 aromatic rings. The minimum atomic E-state index is 0.255. The van der Waals surface area contributed by atoms with Crippen LogP contribution in [0.5, 0.6) is 0 Å². The topological polar surface area (TPSA) is 38.0 Å². The quantitative estimate of drug-likeness (QED) is 0.782. The lowest BCUT2D eigenvalue weighted by Crippen LogP contribution is -2.09. The lowest BCUT2D eigenvalue weighted by atomic mass is 10.0. The number of hydrogen-bond donors (Lipinski definition) is 1. The molecule has 0 saturated heterocycles. The molecule has 3 heteroatoms. The summed E-state index contributed by atoms with van der Waals surface area (Å²) in [6, 6.07) is 2.45. The largest absolute Gasteiger partial charge is 0.396 e. The molecule has 0 radical (unpaired) electrons. The van der Waals surface area contributed by atoms with Crippen molar-refractivity contribution in [3.05, 3.63) is 18.0 Å². The maximum absolute atomic E-state index is 9.07. The van der Waals surface area contributed by atoms with Crippen LogP contribution in [0.1, 0.15) is 38.9 Å². The van der Waals surface area contributed by atoms with Gasteiger partial charge in [-0.25, -0.2) is 0 Å². The van der Waals surface area contributed by atoms with E-state index in [-0.39, 0.29) is 6.61 Å². The fourth-order valence-corrected chi connectivity index (χ4v) is 1.41. The van der Waals surface area contributed by atoms with E-state index in [1.165, 1.54) is 0 Å². The van der Waals surface area contributed by atoms with Crippen LogP contribution in [0.15, 0.2) is 12.3 Å². The van der Waals surface area contributed by atoms with Gasteiger partial charge in [-0.2, -0.15) is 5.10 Å². The summed E-state index contributed by atoms with van der Waals surface area (Å²) >= 11 is 0. The molecule has 0 saturated carbocycles. The molecule has 0 spiro atoms. The molecular weight excluding hydrogens is 176 g/mol. The van der Waals surface area contributed by atoms with E-state index in [0.717, 1.165) is 18.5 Å². The first-order valence-electron chi connectivity index (χ1n) is 5.32. The highest BCUT2D eigenvalue weighted by atomic mass is 16.3. The first-order valence-corrected chi connectivity index (χ1v) is 5.32. The van der Waals surface area contributed by atoms with Crippen LogP contribution in [0.4, 0.5) is 0 Å². The Morgan fingerprint density at radius 3 is 2.64 bits per heavy atom. The smallest absolute Gasteiger partial charge is 0.0628 e. The van der Waals surface area contributed by atoms with Gasteiger partial charge in [0.2, 0.25) is 0 Å². The van der Waals surface area contributed by atoms with E-state index in [1.807, 2.05) is 16.9 Å². The van der Waals surface area contributed by atoms with Gasteiger partial charge in [0.15, 0.2) is 0 Å². The van der Waals surface area contributed by atoms with Gasteiger partial charge in [0.1, 0.15) is 0 Å². The monoisotopic (exact) mass is 196 g/mol. The van der Waals surface area contributed by atoms with Crippen molar-refractivity contribution in [2.24, 2.45) is 5.92 Å². The highest BCUT2D eigenvalue weighted by Crippen LogP contribution is 2.11. The molecule has 1 heterocycles. The molecule has 0 fully saturated rings. The van der Waals surface area contributed by atoms with Crippen molar-refractivity contribution in [1.82, 2.24) is 9.78 Å². The van der Waals surface area contributed by atoms with Crippen LogP contribution in [0, 0.1) is 5.92 Å². The van der Waals surface area contributed by atoms with E-state index in [2.05, 4.69) is 25.9 Å². The second-order valence-corrected chi connectivity index (χ2v) is 4.04. The summed E-state index contributed by atoms with van der Waals surface area (Å²) < 4.78 is 1.96. The Labute approximate surface area is 85.8 Å². The van der Waals surface area contributed by atoms with E-state index in [9.17, 15) is 0 Å². The van der Waals surface area contributed by atoms with Crippen LogP contribution in [0.3, 0.4) is 0 Å². The average Bonchev–Trinajstić information content (AvgIpc) is 2.62. The van der Waals surface area contributed by atoms with Crippen LogP contribution < -0.4 is 0 Å². The third-order valence-corrected chi connectivity index (χ3v) is 2.53. The summed E-state index contributed by atoms with van der Waals surface area (Å²) in [4.78, 5) is 0. The summed E-state index contributed by atoms with van der Waals surface area (Å²) in [7, 11) is 0. The maximum Gasteiger partial charge on any atom is 0.0628 e. The zero-order valence-electron chi connectivity index (χ0n) is 9.27. The minimum absolute atomic E-state index is 0.255. The number of aliphatic hydroxyl groups excluding tert-OH is 1. The van der Waals surface area contributed by atoms with E-state index >= 15 is 0 Å². The molecule has 0 amide bonds. The van der Waals surface area contributed by atoms with Crippen molar-refractivity contribution in [1.29, 1.82) is 0 Å². The van der Waals surface area contributed by atoms with Crippen molar-refractivity contribution in [2.45, 2.75) is 39.7 Å². The fraction of sp³-hybridized carbons (Fsp3) is 0.727. The highest BCUT2D eigenvalue weighted by Gasteiger charge is 2.08. The SMILES string of the molecule is CCC(CO)Cc1ccn(C(C)C)n1. The van der Waals surface area contributed by atoms with E-state index in [0.29, 0.717) is 12.0 Å². The lowest BCUT2D eigenvalue weighted by Gasteiger charge is -2.09. The highest BCUT2D eigenvalue weighted by molar-refractivity contribution is 5.00. The predicted molar refractivity (Wildman–Crippen MR) is 57.2 cm³/mol. The van der Waals surface area contributed by atoms with Crippen LogP contribution >= 0.6 is 0 Å². The van der Waals surface area contributed by atoms with Gasteiger partial charge in [-0.1, -0.05) is 13.3 Å². The summed E-state index contributed by atoms with van der Waals surface area (Å²) in [5.41, 5.74) is 1.08. The third kappa shape index (κ3) is 2.84. The van der Waals surface area contributed by atoms with Crippen LogP contribution in [-0.4, -0.2) is 21.5 Å². The van der Waals surface area contributed by atoms with Crippen LogP contribution in [0.2, 0.25) is 0 Å². The van der Waals surface area contributed by atoms with Gasteiger partial charge >= 0.3 is 0 Å². The Hall–Kier alpha value is -0.830. The second kappa shape index (κ2) is 5.15. The lowest BCUT2D eigenvalue weighted by molar-refractivity contribution is 0.221. The number of nitrogens with zero attached hydrogens (tertiary/aromatic N) is 2. The van der Waals surface area contributed by atoms with Gasteiger partial charge in [0, 0.05) is 18.8 Å². The molecular formula is C11H20N2O. The van der Waals surface area contributed by atoms with Crippen molar-refractivity contribution >= 4 is 0 Å². The average molecular weight is 196 g/mol. The number of hydrogen-bond acceptors (Lipinski definition) is 2. The Balaban J connectivity index is 2.58. The van der Waals surface area contributed by atoms with Crippen LogP contribution in [0.25, 0.3) is 0 Å². The molecule has 3 nitrogen and oxygen atoms in total. The molecule has 14 heavy (non-hydrogen) atoms. The second-order valence-electron chi connectivity index (χ2n) is 4.04. The molecule has 0 aliphatic rings. The van der Waals surface area contributed by atoms with E-state index in [4.69, 9.17) is 5.11 Å². The molecule has 1 rings (SSSR count). The first kappa shape index (κ1) is 11.2. The summed E-state index contributed by atoms with van der Waals surface area (Å²) in [6.07, 6.45) is 3.89. The molecule has 1 N–H and O–H groups in total. The fourth-order valence-electron chi connectivity index (χ4n) is 1.41. The number of aliphatic hydroxyl groups is 1. The summed E-state index contributed by atoms with van der Waals surface area (Å²) in [6.45, 7) is 6.58. The Kier molecular flexibility index (Phi) is 4.14. The zero-order valence-corrected chi connectivity index (χ0v) is 9.27. The van der Waals surface area contributed by atoms with Crippen molar-refractivity contribution in [3.8, 4) is 0 Å². The summed E-state index contributed by atoms with van der Waals surface area (Å²) in [5.74, 6) is 0.352. The van der Waals surface area contributed by atoms with Gasteiger partial charge < -0.3 is 5.11 Å². The standard InChI is InChI=1S/C11H20N2O/c1-4-10(8-14)7-11-5-6-13(12-11)9(2)3/h5-6,9-10,14H,4,7-8H2,1-3H3. The van der Waals surface area contributed by atoms with Gasteiger partial charge in [-0.3, -0.25) is 4.68 Å². The Morgan fingerprint density at radius 2 is 2.21 bits per heavy atom. The third-order valence-electron chi connectivity index (χ3n) is 2.53. The van der Waals surface area contributed by atoms with Gasteiger partial charge in [-0.05, 0) is 32.3 Å². The van der Waals surface area contributed by atoms with E-state index in [1.54, 1.807) is 0 Å². The number of aromatic nitrogens is 2.